The number of fused-ring (bicyclic) bond motifs is 6. The average molecular weight is 625 g/mol. The van der Waals surface area contributed by atoms with Crippen molar-refractivity contribution in [1.29, 1.82) is 0 Å². The summed E-state index contributed by atoms with van der Waals surface area (Å²) in [6.07, 6.45) is 0. The van der Waals surface area contributed by atoms with Gasteiger partial charge in [0.2, 0.25) is 0 Å². The number of hydrogen-bond donors (Lipinski definition) is 0. The van der Waals surface area contributed by atoms with Crippen molar-refractivity contribution in [2.75, 3.05) is 0 Å². The number of benzene rings is 9. The highest BCUT2D eigenvalue weighted by Gasteiger charge is 2.20. The molecular weight excluding hydrogens is 593 g/mol. The van der Waals surface area contributed by atoms with Crippen molar-refractivity contribution in [3.05, 3.63) is 182 Å². The molecule has 10 aromatic rings. The number of rotatable bonds is 4. The summed E-state index contributed by atoms with van der Waals surface area (Å²) < 4.78 is 22.9. The third-order valence-corrected chi connectivity index (χ3v) is 9.94. The summed E-state index contributed by atoms with van der Waals surface area (Å²) in [5, 5.41) is 9.00. The molecule has 0 aliphatic rings. The van der Waals surface area contributed by atoms with E-state index in [1.807, 2.05) is 42.5 Å². The maximum Gasteiger partial charge on any atom is 0.136 e. The van der Waals surface area contributed by atoms with Crippen molar-refractivity contribution in [2.24, 2.45) is 0 Å². The zero-order chi connectivity index (χ0) is 34.1. The lowest BCUT2D eigenvalue weighted by atomic mass is 9.83. The molecule has 1 heteroatoms. The van der Waals surface area contributed by atoms with Crippen LogP contribution in [0, 0.1) is 0 Å². The first-order valence-electron chi connectivity index (χ1n) is 17.7. The zero-order valence-corrected chi connectivity index (χ0v) is 26.6. The van der Waals surface area contributed by atoms with Gasteiger partial charge in [-0.15, -0.1) is 0 Å². The Labute approximate surface area is 287 Å². The van der Waals surface area contributed by atoms with E-state index in [0.29, 0.717) is 17.7 Å². The predicted molar refractivity (Wildman–Crippen MR) is 208 cm³/mol. The van der Waals surface area contributed by atoms with Crippen LogP contribution in [0.15, 0.2) is 186 Å². The molecule has 10 rings (SSSR count). The molecule has 0 saturated heterocycles. The molecule has 0 aliphatic carbocycles. The standard InChI is InChI=1S/C48H30O/c1-2-13-34-30-35(29-26-31(34)12-1)32-24-27-33(28-25-32)46-39-16-5-7-18-41(39)47(42-19-8-6-17-40(42)46)37-15-4-3-14-36(37)38-21-11-23-45-48(38)43-20-9-10-22-44(43)49-45/h1-30H/i1D,23D. The van der Waals surface area contributed by atoms with Crippen LogP contribution in [0.25, 0.3) is 98.8 Å². The minimum absolute atomic E-state index is 0.386. The molecule has 0 fully saturated rings. The topological polar surface area (TPSA) is 13.1 Å². The highest BCUT2D eigenvalue weighted by molar-refractivity contribution is 6.23. The van der Waals surface area contributed by atoms with Crippen LogP contribution in [-0.2, 0) is 0 Å². The molecule has 0 spiro atoms. The van der Waals surface area contributed by atoms with Gasteiger partial charge in [-0.05, 0) is 95.0 Å². The van der Waals surface area contributed by atoms with Gasteiger partial charge < -0.3 is 4.42 Å². The molecule has 1 nitrogen and oxygen atoms in total. The lowest BCUT2D eigenvalue weighted by molar-refractivity contribution is 0.669. The molecule has 0 amide bonds. The zero-order valence-electron chi connectivity index (χ0n) is 28.6. The van der Waals surface area contributed by atoms with Gasteiger partial charge in [-0.1, -0.05) is 164 Å². The highest BCUT2D eigenvalue weighted by atomic mass is 16.3. The van der Waals surface area contributed by atoms with Gasteiger partial charge >= 0.3 is 0 Å². The summed E-state index contributed by atoms with van der Waals surface area (Å²) in [6, 6.07) is 60.3. The van der Waals surface area contributed by atoms with E-state index in [9.17, 15) is 0 Å². The van der Waals surface area contributed by atoms with E-state index in [-0.39, 0.29) is 0 Å². The SMILES string of the molecule is [2H]c1ccc2cc(-c3ccc(-c4c5ccccc5c(-c5ccccc5-c5ccc([2H])c6oc7ccccc7c56)c5ccccc45)cc3)ccc2c1. The minimum atomic E-state index is 0.386. The number of para-hydroxylation sites is 1. The fraction of sp³-hybridized carbons (Fsp3) is 0. The summed E-state index contributed by atoms with van der Waals surface area (Å²) in [4.78, 5) is 0. The van der Waals surface area contributed by atoms with Gasteiger partial charge in [-0.25, -0.2) is 0 Å². The van der Waals surface area contributed by atoms with Gasteiger partial charge in [0.25, 0.3) is 0 Å². The van der Waals surface area contributed by atoms with Crippen molar-refractivity contribution in [1.82, 2.24) is 0 Å². The van der Waals surface area contributed by atoms with Gasteiger partial charge in [0.1, 0.15) is 11.2 Å². The molecule has 0 N–H and O–H groups in total. The van der Waals surface area contributed by atoms with Crippen LogP contribution in [-0.4, -0.2) is 0 Å². The van der Waals surface area contributed by atoms with E-state index < -0.39 is 0 Å². The Morgan fingerprint density at radius 1 is 0.367 bits per heavy atom. The van der Waals surface area contributed by atoms with Gasteiger partial charge in [0, 0.05) is 10.8 Å². The van der Waals surface area contributed by atoms with E-state index in [0.717, 1.165) is 54.9 Å². The van der Waals surface area contributed by atoms with E-state index in [2.05, 4.69) is 127 Å². The maximum absolute atomic E-state index is 8.70. The normalized spacial score (nSPS) is 12.2. The molecule has 0 atom stereocenters. The Bertz CT molecular complexity index is 2930. The second-order valence-corrected chi connectivity index (χ2v) is 12.6. The van der Waals surface area contributed by atoms with Crippen molar-refractivity contribution in [3.63, 3.8) is 0 Å². The molecule has 1 aromatic heterocycles. The molecule has 49 heavy (non-hydrogen) atoms. The molecule has 0 saturated carbocycles. The molecule has 228 valence electrons. The molecule has 0 radical (unpaired) electrons. The van der Waals surface area contributed by atoms with Crippen molar-refractivity contribution in [3.8, 4) is 44.5 Å². The second kappa shape index (κ2) is 11.1. The van der Waals surface area contributed by atoms with Crippen molar-refractivity contribution in [2.45, 2.75) is 0 Å². The van der Waals surface area contributed by atoms with Crippen LogP contribution in [0.1, 0.15) is 2.74 Å². The molecular formula is C48H30O. The van der Waals surface area contributed by atoms with Gasteiger partial charge in [-0.2, -0.15) is 0 Å². The molecule has 0 bridgehead atoms. The Hall–Kier alpha value is -6.44. The fourth-order valence-corrected chi connectivity index (χ4v) is 7.72. The summed E-state index contributed by atoms with van der Waals surface area (Å²) in [7, 11) is 0. The molecule has 1 heterocycles. The molecule has 9 aromatic carbocycles. The molecule has 0 aliphatic heterocycles. The van der Waals surface area contributed by atoms with Crippen LogP contribution in [0.5, 0.6) is 0 Å². The van der Waals surface area contributed by atoms with E-state index in [1.54, 1.807) is 0 Å². The van der Waals surface area contributed by atoms with Crippen LogP contribution < -0.4 is 0 Å². The summed E-state index contributed by atoms with van der Waals surface area (Å²) in [5.41, 5.74) is 10.6. The largest absolute Gasteiger partial charge is 0.456 e. The van der Waals surface area contributed by atoms with E-state index in [4.69, 9.17) is 7.16 Å². The van der Waals surface area contributed by atoms with Crippen molar-refractivity contribution >= 4 is 54.3 Å². The first kappa shape index (κ1) is 25.6. The van der Waals surface area contributed by atoms with Crippen molar-refractivity contribution < 1.29 is 7.16 Å². The maximum atomic E-state index is 8.70. The lowest BCUT2D eigenvalue weighted by Gasteiger charge is -2.20. The number of furan rings is 1. The fourth-order valence-electron chi connectivity index (χ4n) is 7.72. The summed E-state index contributed by atoms with van der Waals surface area (Å²) in [5.74, 6) is 0. The molecule has 0 unspecified atom stereocenters. The van der Waals surface area contributed by atoms with Gasteiger partial charge in [0.05, 0.1) is 2.74 Å². The third-order valence-electron chi connectivity index (χ3n) is 9.94. The Morgan fingerprint density at radius 3 is 1.71 bits per heavy atom. The summed E-state index contributed by atoms with van der Waals surface area (Å²) >= 11 is 0. The highest BCUT2D eigenvalue weighted by Crippen LogP contribution is 2.47. The van der Waals surface area contributed by atoms with Gasteiger partial charge in [-0.3, -0.25) is 0 Å². The first-order valence-corrected chi connectivity index (χ1v) is 16.7. The third kappa shape index (κ3) is 4.40. The smallest absolute Gasteiger partial charge is 0.136 e. The van der Waals surface area contributed by atoms with E-state index in [1.165, 1.54) is 38.2 Å². The predicted octanol–water partition coefficient (Wildman–Crippen LogP) is 13.7. The summed E-state index contributed by atoms with van der Waals surface area (Å²) in [6.45, 7) is 0. The number of hydrogen-bond acceptors (Lipinski definition) is 1. The first-order chi connectivity index (χ1) is 25.1. The monoisotopic (exact) mass is 624 g/mol. The van der Waals surface area contributed by atoms with E-state index >= 15 is 0 Å². The average Bonchev–Trinajstić information content (AvgIpc) is 3.58. The minimum Gasteiger partial charge on any atom is -0.456 e. The lowest BCUT2D eigenvalue weighted by Crippen LogP contribution is -1.93. The Kier molecular flexibility index (Phi) is 5.79. The van der Waals surface area contributed by atoms with Crippen LogP contribution >= 0.6 is 0 Å². The van der Waals surface area contributed by atoms with Gasteiger partial charge in [0.15, 0.2) is 0 Å². The van der Waals surface area contributed by atoms with Crippen LogP contribution in [0.2, 0.25) is 0 Å². The Morgan fingerprint density at radius 2 is 0.959 bits per heavy atom. The quantitative estimate of drug-likeness (QED) is 0.178. The Balaban J connectivity index is 1.19. The second-order valence-electron chi connectivity index (χ2n) is 12.6. The van der Waals surface area contributed by atoms with Crippen LogP contribution in [0.4, 0.5) is 0 Å². The van der Waals surface area contributed by atoms with Crippen LogP contribution in [0.3, 0.4) is 0 Å².